The molecule has 0 spiro atoms. The summed E-state index contributed by atoms with van der Waals surface area (Å²) < 4.78 is 0. The Labute approximate surface area is 116 Å². The van der Waals surface area contributed by atoms with Crippen LogP contribution in [0.15, 0.2) is 24.3 Å². The number of rotatable bonds is 2. The topological polar surface area (TPSA) is 81.9 Å². The number of nitrogens with one attached hydrogen (secondary N) is 1. The molecule has 1 aliphatic rings. The molecule has 2 aromatic rings. The van der Waals surface area contributed by atoms with E-state index in [9.17, 15) is 10.1 Å². The maximum atomic E-state index is 12.0. The van der Waals surface area contributed by atoms with Crippen LogP contribution in [0.4, 0.5) is 5.69 Å². The number of fused-ring (bicyclic) bond motifs is 1. The van der Waals surface area contributed by atoms with Crippen LogP contribution in [-0.4, -0.2) is 40.6 Å². The zero-order valence-corrected chi connectivity index (χ0v) is 11.0. The summed E-state index contributed by atoms with van der Waals surface area (Å²) in [6.45, 7) is 0.717. The van der Waals surface area contributed by atoms with E-state index in [2.05, 4.69) is 15.5 Å². The average molecular weight is 267 g/mol. The van der Waals surface area contributed by atoms with E-state index in [0.29, 0.717) is 11.2 Å². The lowest BCUT2D eigenvalue weighted by atomic mass is 10.1. The smallest absolute Gasteiger partial charge is 0.244 e. The molecule has 1 N–H and O–H groups in total. The molecular formula is C14H13N5O. The fourth-order valence-electron chi connectivity index (χ4n) is 2.41. The highest BCUT2D eigenvalue weighted by Crippen LogP contribution is 2.26. The lowest BCUT2D eigenvalue weighted by Gasteiger charge is -2.15. The van der Waals surface area contributed by atoms with Crippen molar-refractivity contribution in [1.82, 2.24) is 15.1 Å². The molecule has 6 heteroatoms. The summed E-state index contributed by atoms with van der Waals surface area (Å²) in [5.41, 5.74) is 1.51. The van der Waals surface area contributed by atoms with Crippen LogP contribution >= 0.6 is 0 Å². The lowest BCUT2D eigenvalue weighted by Crippen LogP contribution is -2.31. The Hall–Kier alpha value is -2.68. The molecular weight excluding hydrogens is 254 g/mol. The highest BCUT2D eigenvalue weighted by atomic mass is 16.2. The molecule has 2 heterocycles. The lowest BCUT2D eigenvalue weighted by molar-refractivity contribution is -0.127. The molecule has 1 fully saturated rings. The number of likely N-dealkylation sites (tertiary alicyclic amines) is 1. The van der Waals surface area contributed by atoms with Crippen LogP contribution in [0, 0.1) is 11.3 Å². The average Bonchev–Trinajstić information content (AvgIpc) is 2.79. The van der Waals surface area contributed by atoms with Crippen molar-refractivity contribution in [3.8, 4) is 6.07 Å². The second-order valence-electron chi connectivity index (χ2n) is 4.80. The summed E-state index contributed by atoms with van der Waals surface area (Å²) in [4.78, 5) is 13.7. The molecule has 6 nitrogen and oxygen atoms in total. The molecule has 0 saturated carbocycles. The van der Waals surface area contributed by atoms with E-state index in [0.717, 1.165) is 18.4 Å². The van der Waals surface area contributed by atoms with Crippen LogP contribution in [0.5, 0.6) is 0 Å². The zero-order chi connectivity index (χ0) is 14.1. The minimum atomic E-state index is -0.306. The fraction of sp³-hybridized carbons (Fsp3) is 0.286. The summed E-state index contributed by atoms with van der Waals surface area (Å²) in [6.07, 6.45) is 0.719. The van der Waals surface area contributed by atoms with Crippen molar-refractivity contribution >= 4 is 22.5 Å². The second-order valence-corrected chi connectivity index (χ2v) is 4.80. The third-order valence-electron chi connectivity index (χ3n) is 3.52. The molecule has 0 radical (unpaired) electrons. The maximum absolute atomic E-state index is 12.0. The molecule has 0 aliphatic carbocycles. The first-order valence-corrected chi connectivity index (χ1v) is 6.37. The quantitative estimate of drug-likeness (QED) is 0.882. The third-order valence-corrected chi connectivity index (χ3v) is 3.52. The highest BCUT2D eigenvalue weighted by Gasteiger charge is 2.30. The first-order chi connectivity index (χ1) is 9.70. The number of aromatic nitrogens is 2. The van der Waals surface area contributed by atoms with Gasteiger partial charge in [0.05, 0.1) is 11.2 Å². The number of hydrogen-bond acceptors (Lipinski definition) is 5. The molecule has 1 amide bonds. The molecule has 100 valence electrons. The van der Waals surface area contributed by atoms with Crippen LogP contribution < -0.4 is 5.32 Å². The van der Waals surface area contributed by atoms with Crippen molar-refractivity contribution in [2.45, 2.75) is 12.5 Å². The van der Waals surface area contributed by atoms with E-state index < -0.39 is 0 Å². The molecule has 1 aromatic heterocycles. The van der Waals surface area contributed by atoms with Crippen molar-refractivity contribution in [1.29, 1.82) is 5.26 Å². The van der Waals surface area contributed by atoms with E-state index >= 15 is 0 Å². The predicted molar refractivity (Wildman–Crippen MR) is 73.9 cm³/mol. The highest BCUT2D eigenvalue weighted by molar-refractivity contribution is 5.95. The SMILES string of the molecule is CN1CCC(Nc2c(C#N)nnc3ccccc23)C1=O. The Kier molecular flexibility index (Phi) is 2.95. The van der Waals surface area contributed by atoms with E-state index in [4.69, 9.17) is 0 Å². The van der Waals surface area contributed by atoms with Gasteiger partial charge >= 0.3 is 0 Å². The van der Waals surface area contributed by atoms with Crippen molar-refractivity contribution in [2.24, 2.45) is 0 Å². The number of carbonyl (C=O) groups is 1. The number of benzene rings is 1. The van der Waals surface area contributed by atoms with Gasteiger partial charge in [0.15, 0.2) is 5.69 Å². The first-order valence-electron chi connectivity index (χ1n) is 6.37. The first kappa shape index (κ1) is 12.4. The van der Waals surface area contributed by atoms with Crippen LogP contribution in [-0.2, 0) is 4.79 Å². The Morgan fingerprint density at radius 1 is 1.40 bits per heavy atom. The van der Waals surface area contributed by atoms with E-state index in [-0.39, 0.29) is 17.6 Å². The number of likely N-dealkylation sites (N-methyl/N-ethyl adjacent to an activating group) is 1. The van der Waals surface area contributed by atoms with Gasteiger partial charge in [0.2, 0.25) is 5.91 Å². The Bertz CT molecular complexity index is 721. The van der Waals surface area contributed by atoms with Gasteiger partial charge in [-0.25, -0.2) is 0 Å². The van der Waals surface area contributed by atoms with Gasteiger partial charge in [0.25, 0.3) is 0 Å². The van der Waals surface area contributed by atoms with Gasteiger partial charge in [-0.3, -0.25) is 4.79 Å². The molecule has 3 rings (SSSR count). The van der Waals surface area contributed by atoms with Crippen molar-refractivity contribution in [3.05, 3.63) is 30.0 Å². The molecule has 20 heavy (non-hydrogen) atoms. The van der Waals surface area contributed by atoms with Gasteiger partial charge in [0, 0.05) is 19.0 Å². The molecule has 0 bridgehead atoms. The van der Waals surface area contributed by atoms with Gasteiger partial charge in [0.1, 0.15) is 12.1 Å². The largest absolute Gasteiger partial charge is 0.371 e. The summed E-state index contributed by atoms with van der Waals surface area (Å²) in [6, 6.07) is 9.16. The van der Waals surface area contributed by atoms with E-state index in [1.165, 1.54) is 0 Å². The molecule has 1 saturated heterocycles. The normalized spacial score (nSPS) is 18.3. The standard InChI is InChI=1S/C14H13N5O/c1-19-7-6-11(14(19)20)16-13-9-4-2-3-5-10(9)17-18-12(13)8-15/h2-5,11H,6-7H2,1H3,(H,16,17). The second kappa shape index (κ2) is 4.78. The number of anilines is 1. The Morgan fingerprint density at radius 3 is 2.90 bits per heavy atom. The monoisotopic (exact) mass is 267 g/mol. The van der Waals surface area contributed by atoms with Crippen LogP contribution in [0.3, 0.4) is 0 Å². The van der Waals surface area contributed by atoms with Gasteiger partial charge in [-0.05, 0) is 12.5 Å². The Balaban J connectivity index is 2.06. The van der Waals surface area contributed by atoms with Crippen LogP contribution in [0.2, 0.25) is 0 Å². The number of carbonyl (C=O) groups excluding carboxylic acids is 1. The van der Waals surface area contributed by atoms with Gasteiger partial charge in [-0.15, -0.1) is 10.2 Å². The number of amides is 1. The predicted octanol–water partition coefficient (Wildman–Crippen LogP) is 1.14. The number of nitriles is 1. The van der Waals surface area contributed by atoms with Crippen molar-refractivity contribution < 1.29 is 4.79 Å². The number of nitrogens with zero attached hydrogens (tertiary/aromatic N) is 4. The van der Waals surface area contributed by atoms with E-state index in [1.807, 2.05) is 30.3 Å². The maximum Gasteiger partial charge on any atom is 0.244 e. The van der Waals surface area contributed by atoms with E-state index in [1.54, 1.807) is 11.9 Å². The number of hydrogen-bond donors (Lipinski definition) is 1. The van der Waals surface area contributed by atoms with Crippen molar-refractivity contribution in [3.63, 3.8) is 0 Å². The summed E-state index contributed by atoms with van der Waals surface area (Å²) in [5, 5.41) is 21.1. The minimum Gasteiger partial charge on any atom is -0.371 e. The summed E-state index contributed by atoms with van der Waals surface area (Å²) >= 11 is 0. The minimum absolute atomic E-state index is 0.0368. The molecule has 1 aromatic carbocycles. The third kappa shape index (κ3) is 1.93. The molecule has 1 aliphatic heterocycles. The molecule has 1 unspecified atom stereocenters. The van der Waals surface area contributed by atoms with Crippen LogP contribution in [0.25, 0.3) is 10.9 Å². The summed E-state index contributed by atoms with van der Waals surface area (Å²) in [5.74, 6) is 0.0368. The van der Waals surface area contributed by atoms with Crippen molar-refractivity contribution in [2.75, 3.05) is 18.9 Å². The van der Waals surface area contributed by atoms with Crippen LogP contribution in [0.1, 0.15) is 12.1 Å². The van der Waals surface area contributed by atoms with Gasteiger partial charge < -0.3 is 10.2 Å². The summed E-state index contributed by atoms with van der Waals surface area (Å²) in [7, 11) is 1.78. The zero-order valence-electron chi connectivity index (χ0n) is 11.0. The fourth-order valence-corrected chi connectivity index (χ4v) is 2.41. The molecule has 1 atom stereocenters. The van der Waals surface area contributed by atoms with Gasteiger partial charge in [-0.2, -0.15) is 5.26 Å². The van der Waals surface area contributed by atoms with Gasteiger partial charge in [-0.1, -0.05) is 18.2 Å². The Morgan fingerprint density at radius 2 is 2.20 bits per heavy atom.